The Morgan fingerprint density at radius 2 is 1.90 bits per heavy atom. The number of carbonyl (C=O) groups excluding carboxylic acids is 3. The Bertz CT molecular complexity index is 1080. The second kappa shape index (κ2) is 9.80. The second-order valence-corrected chi connectivity index (χ2v) is 7.46. The van der Waals surface area contributed by atoms with Crippen molar-refractivity contribution in [2.24, 2.45) is 0 Å². The van der Waals surface area contributed by atoms with Gasteiger partial charge in [0.25, 0.3) is 5.91 Å². The van der Waals surface area contributed by atoms with E-state index in [2.05, 4.69) is 10.3 Å². The van der Waals surface area contributed by atoms with E-state index in [0.29, 0.717) is 23.6 Å². The zero-order chi connectivity index (χ0) is 21.5. The first-order chi connectivity index (χ1) is 14.4. The highest BCUT2D eigenvalue weighted by atomic mass is 32.1. The maximum absolute atomic E-state index is 12.3. The molecule has 1 heterocycles. The van der Waals surface area contributed by atoms with E-state index in [1.807, 2.05) is 12.3 Å². The van der Waals surface area contributed by atoms with Gasteiger partial charge >= 0.3 is 5.97 Å². The number of rotatable bonds is 8. The van der Waals surface area contributed by atoms with Crippen molar-refractivity contribution >= 4 is 34.7 Å². The van der Waals surface area contributed by atoms with Gasteiger partial charge in [-0.2, -0.15) is 0 Å². The molecular formula is C22H20N2O5S. The summed E-state index contributed by atoms with van der Waals surface area (Å²) < 4.78 is 10.7. The Balaban J connectivity index is 1.54. The molecule has 30 heavy (non-hydrogen) atoms. The molecule has 7 nitrogen and oxygen atoms in total. The van der Waals surface area contributed by atoms with Crippen molar-refractivity contribution < 1.29 is 23.9 Å². The maximum Gasteiger partial charge on any atom is 0.338 e. The molecule has 0 aliphatic carbocycles. The van der Waals surface area contributed by atoms with Gasteiger partial charge in [0.15, 0.2) is 12.4 Å². The summed E-state index contributed by atoms with van der Waals surface area (Å²) in [6.07, 6.45) is 0. The van der Waals surface area contributed by atoms with E-state index in [4.69, 9.17) is 9.47 Å². The van der Waals surface area contributed by atoms with Crippen molar-refractivity contribution in [3.63, 3.8) is 0 Å². The molecule has 3 rings (SSSR count). The van der Waals surface area contributed by atoms with Gasteiger partial charge < -0.3 is 14.8 Å². The third-order valence-electron chi connectivity index (χ3n) is 4.04. The molecule has 0 saturated heterocycles. The van der Waals surface area contributed by atoms with Crippen LogP contribution in [0.5, 0.6) is 5.75 Å². The summed E-state index contributed by atoms with van der Waals surface area (Å²) in [5.41, 5.74) is 1.84. The fourth-order valence-corrected chi connectivity index (χ4v) is 3.24. The minimum absolute atomic E-state index is 0.174. The van der Waals surface area contributed by atoms with Crippen LogP contribution < -0.4 is 10.1 Å². The molecule has 3 aromatic rings. The highest BCUT2D eigenvalue weighted by Gasteiger charge is 2.14. The van der Waals surface area contributed by atoms with Crippen molar-refractivity contribution in [2.75, 3.05) is 11.9 Å². The van der Waals surface area contributed by atoms with Crippen LogP contribution in [0, 0.1) is 6.92 Å². The highest BCUT2D eigenvalue weighted by Crippen LogP contribution is 2.18. The number of thiazole rings is 1. The number of aromatic nitrogens is 1. The van der Waals surface area contributed by atoms with E-state index in [1.54, 1.807) is 48.5 Å². The lowest BCUT2D eigenvalue weighted by Crippen LogP contribution is -2.22. The first-order valence-electron chi connectivity index (χ1n) is 9.13. The Labute approximate surface area is 177 Å². The number of aryl methyl sites for hydroxylation is 1. The Morgan fingerprint density at radius 1 is 1.10 bits per heavy atom. The van der Waals surface area contributed by atoms with Gasteiger partial charge in [-0.3, -0.25) is 9.59 Å². The lowest BCUT2D eigenvalue weighted by molar-refractivity contribution is -0.119. The molecule has 0 bridgehead atoms. The number of esters is 1. The number of benzene rings is 2. The predicted molar refractivity (Wildman–Crippen MR) is 113 cm³/mol. The average molecular weight is 424 g/mol. The zero-order valence-corrected chi connectivity index (χ0v) is 17.3. The number of carbonyl (C=O) groups is 3. The Kier molecular flexibility index (Phi) is 6.92. The number of nitrogens with zero attached hydrogens (tertiary/aromatic N) is 1. The number of para-hydroxylation sites is 1. The molecule has 0 spiro atoms. The number of ether oxygens (including phenoxy) is 2. The number of hydrogen-bond donors (Lipinski definition) is 1. The van der Waals surface area contributed by atoms with Gasteiger partial charge in [0.1, 0.15) is 12.4 Å². The lowest BCUT2D eigenvalue weighted by Gasteiger charge is -2.10. The first kappa shape index (κ1) is 21.2. The van der Waals surface area contributed by atoms with E-state index in [9.17, 15) is 14.4 Å². The van der Waals surface area contributed by atoms with E-state index in [0.717, 1.165) is 10.7 Å². The fourth-order valence-electron chi connectivity index (χ4n) is 2.64. The van der Waals surface area contributed by atoms with Crippen LogP contribution in [0.25, 0.3) is 0 Å². The summed E-state index contributed by atoms with van der Waals surface area (Å²) in [6, 6.07) is 13.1. The molecule has 0 aliphatic rings. The van der Waals surface area contributed by atoms with Gasteiger partial charge in [-0.05, 0) is 44.2 Å². The maximum atomic E-state index is 12.3. The number of nitrogens with one attached hydrogen (secondary N) is 1. The second-order valence-electron chi connectivity index (χ2n) is 6.40. The summed E-state index contributed by atoms with van der Waals surface area (Å²) >= 11 is 1.54. The van der Waals surface area contributed by atoms with Crippen LogP contribution in [0.3, 0.4) is 0 Å². The van der Waals surface area contributed by atoms with Crippen LogP contribution >= 0.6 is 11.3 Å². The van der Waals surface area contributed by atoms with E-state index >= 15 is 0 Å². The average Bonchev–Trinajstić information content (AvgIpc) is 3.16. The van der Waals surface area contributed by atoms with Crippen LogP contribution in [0.2, 0.25) is 0 Å². The monoisotopic (exact) mass is 424 g/mol. The number of anilines is 1. The minimum Gasteiger partial charge on any atom is -0.487 e. The highest BCUT2D eigenvalue weighted by molar-refractivity contribution is 7.09. The molecule has 0 aliphatic heterocycles. The lowest BCUT2D eigenvalue weighted by atomic mass is 10.1. The number of hydrogen-bond acceptors (Lipinski definition) is 7. The van der Waals surface area contributed by atoms with Crippen LogP contribution in [0.1, 0.15) is 38.3 Å². The van der Waals surface area contributed by atoms with Gasteiger partial charge in [0.05, 0.1) is 22.0 Å². The molecule has 154 valence electrons. The third kappa shape index (κ3) is 5.74. The van der Waals surface area contributed by atoms with E-state index in [-0.39, 0.29) is 11.3 Å². The summed E-state index contributed by atoms with van der Waals surface area (Å²) in [5, 5.41) is 5.45. The normalized spacial score (nSPS) is 10.3. The van der Waals surface area contributed by atoms with Gasteiger partial charge in [-0.15, -0.1) is 11.3 Å². The first-order valence-corrected chi connectivity index (χ1v) is 10.0. The quantitative estimate of drug-likeness (QED) is 0.433. The van der Waals surface area contributed by atoms with Gasteiger partial charge in [-0.1, -0.05) is 18.2 Å². The third-order valence-corrected chi connectivity index (χ3v) is 4.86. The van der Waals surface area contributed by atoms with Crippen LogP contribution in [0.4, 0.5) is 5.69 Å². The van der Waals surface area contributed by atoms with Gasteiger partial charge in [-0.25, -0.2) is 9.78 Å². The molecular weight excluding hydrogens is 404 g/mol. The van der Waals surface area contributed by atoms with Gasteiger partial charge in [0, 0.05) is 10.9 Å². The van der Waals surface area contributed by atoms with Crippen molar-refractivity contribution in [3.05, 3.63) is 75.7 Å². The predicted octanol–water partition coefficient (Wildman–Crippen LogP) is 4.03. The number of amides is 1. The molecule has 1 N–H and O–H groups in total. The summed E-state index contributed by atoms with van der Waals surface area (Å²) in [6.45, 7) is 3.14. The smallest absolute Gasteiger partial charge is 0.338 e. The summed E-state index contributed by atoms with van der Waals surface area (Å²) in [4.78, 5) is 40.3. The van der Waals surface area contributed by atoms with Crippen LogP contribution in [0.15, 0.2) is 53.9 Å². The standard InChI is InChI=1S/C22H20N2O5S/c1-14(25)19-8-3-4-9-20(19)24-21(26)12-29-22(27)16-6-5-7-18(10-16)28-11-17-13-30-15(2)23-17/h3-10,13H,11-12H2,1-2H3,(H,24,26). The van der Waals surface area contributed by atoms with E-state index < -0.39 is 18.5 Å². The molecule has 8 heteroatoms. The van der Waals surface area contributed by atoms with Crippen molar-refractivity contribution in [1.29, 1.82) is 0 Å². The molecule has 0 radical (unpaired) electrons. The van der Waals surface area contributed by atoms with Crippen molar-refractivity contribution in [1.82, 2.24) is 4.98 Å². The molecule has 1 aromatic heterocycles. The van der Waals surface area contributed by atoms with Crippen LogP contribution in [-0.4, -0.2) is 29.3 Å². The molecule has 0 atom stereocenters. The molecule has 0 saturated carbocycles. The zero-order valence-electron chi connectivity index (χ0n) is 16.5. The molecule has 1 amide bonds. The summed E-state index contributed by atoms with van der Waals surface area (Å²) in [5.74, 6) is -0.870. The van der Waals surface area contributed by atoms with Crippen molar-refractivity contribution in [2.45, 2.75) is 20.5 Å². The Morgan fingerprint density at radius 3 is 2.63 bits per heavy atom. The van der Waals surface area contributed by atoms with Crippen molar-refractivity contribution in [3.8, 4) is 5.75 Å². The molecule has 2 aromatic carbocycles. The topological polar surface area (TPSA) is 94.6 Å². The minimum atomic E-state index is -0.653. The largest absolute Gasteiger partial charge is 0.487 e. The van der Waals surface area contributed by atoms with Gasteiger partial charge in [0.2, 0.25) is 0 Å². The number of Topliss-reactive ketones (excluding diaryl/α,β-unsaturated/α-hetero) is 1. The van der Waals surface area contributed by atoms with E-state index in [1.165, 1.54) is 18.3 Å². The summed E-state index contributed by atoms with van der Waals surface area (Å²) in [7, 11) is 0. The SMILES string of the molecule is CC(=O)c1ccccc1NC(=O)COC(=O)c1cccc(OCc2csc(C)n2)c1. The fraction of sp³-hybridized carbons (Fsp3) is 0.182. The number of ketones is 1. The van der Waals surface area contributed by atoms with Crippen LogP contribution in [-0.2, 0) is 16.1 Å². The molecule has 0 unspecified atom stereocenters. The Hall–Kier alpha value is -3.52. The molecule has 0 fully saturated rings.